The molecule has 0 unspecified atom stereocenters. The Kier molecular flexibility index (Phi) is 7.30. The van der Waals surface area contributed by atoms with Crippen molar-refractivity contribution in [2.45, 2.75) is 13.0 Å². The van der Waals surface area contributed by atoms with Crippen LogP contribution in [-0.2, 0) is 13.0 Å². The maximum Gasteiger partial charge on any atom is 0.315 e. The minimum Gasteiger partial charge on any atom is -0.497 e. The van der Waals surface area contributed by atoms with Crippen molar-refractivity contribution in [3.05, 3.63) is 83.0 Å². The van der Waals surface area contributed by atoms with Gasteiger partial charge in [0.2, 0.25) is 5.88 Å². The predicted molar refractivity (Wildman–Crippen MR) is 113 cm³/mol. The number of hydrogen-bond donors (Lipinski definition) is 2. The Morgan fingerprint density at radius 3 is 2.59 bits per heavy atom. The lowest BCUT2D eigenvalue weighted by molar-refractivity contribution is 0.240. The van der Waals surface area contributed by atoms with Crippen molar-refractivity contribution in [2.24, 2.45) is 0 Å². The van der Waals surface area contributed by atoms with Crippen LogP contribution in [0.4, 0.5) is 4.79 Å². The topological polar surface area (TPSA) is 72.5 Å². The molecule has 2 amide bonds. The molecule has 0 aliphatic rings. The van der Waals surface area contributed by atoms with E-state index >= 15 is 0 Å². The lowest BCUT2D eigenvalue weighted by Gasteiger charge is -2.09. The van der Waals surface area contributed by atoms with Gasteiger partial charge in [-0.05, 0) is 41.8 Å². The number of urea groups is 1. The summed E-state index contributed by atoms with van der Waals surface area (Å²) in [6.45, 7) is 0.896. The maximum absolute atomic E-state index is 11.9. The largest absolute Gasteiger partial charge is 0.497 e. The lowest BCUT2D eigenvalue weighted by atomic mass is 10.1. The van der Waals surface area contributed by atoms with Crippen molar-refractivity contribution in [2.75, 3.05) is 13.7 Å². The van der Waals surface area contributed by atoms with Gasteiger partial charge in [-0.25, -0.2) is 9.78 Å². The van der Waals surface area contributed by atoms with Gasteiger partial charge in [0.05, 0.1) is 7.11 Å². The highest BCUT2D eigenvalue weighted by Crippen LogP contribution is 2.23. The number of rotatable bonds is 8. The van der Waals surface area contributed by atoms with E-state index in [0.717, 1.165) is 11.1 Å². The third-order valence-electron chi connectivity index (χ3n) is 4.10. The molecule has 0 fully saturated rings. The molecule has 0 saturated heterocycles. The van der Waals surface area contributed by atoms with Crippen LogP contribution in [0, 0.1) is 0 Å². The zero-order valence-corrected chi connectivity index (χ0v) is 16.8. The Balaban J connectivity index is 1.41. The maximum atomic E-state index is 11.9. The zero-order chi connectivity index (χ0) is 20.5. The van der Waals surface area contributed by atoms with Crippen molar-refractivity contribution in [3.8, 4) is 17.4 Å². The van der Waals surface area contributed by atoms with Crippen LogP contribution in [0.15, 0.2) is 66.9 Å². The standard InChI is InChI=1S/C22H22ClN3O3/c1-28-19-6-3-7-20(13-19)29-21-9-8-17(14-25-21)15-26-22(27)24-11-10-16-4-2-5-18(23)12-16/h2-9,12-14H,10-11,15H2,1H3,(H2,24,26,27). The van der Waals surface area contributed by atoms with Crippen LogP contribution >= 0.6 is 11.6 Å². The molecule has 2 aromatic carbocycles. The summed E-state index contributed by atoms with van der Waals surface area (Å²) in [4.78, 5) is 16.2. The fraction of sp³-hybridized carbons (Fsp3) is 0.182. The van der Waals surface area contributed by atoms with Gasteiger partial charge in [-0.1, -0.05) is 35.9 Å². The second-order valence-corrected chi connectivity index (χ2v) is 6.71. The summed E-state index contributed by atoms with van der Waals surface area (Å²) in [5.74, 6) is 1.82. The van der Waals surface area contributed by atoms with Gasteiger partial charge in [-0.15, -0.1) is 0 Å². The molecular weight excluding hydrogens is 390 g/mol. The molecule has 0 aliphatic carbocycles. The van der Waals surface area contributed by atoms with Gasteiger partial charge < -0.3 is 20.1 Å². The molecule has 7 heteroatoms. The molecule has 0 radical (unpaired) electrons. The van der Waals surface area contributed by atoms with Gasteiger partial charge in [-0.2, -0.15) is 0 Å². The number of carbonyl (C=O) groups is 1. The third kappa shape index (κ3) is 6.69. The van der Waals surface area contributed by atoms with E-state index in [4.69, 9.17) is 21.1 Å². The first-order valence-electron chi connectivity index (χ1n) is 9.15. The Morgan fingerprint density at radius 2 is 1.83 bits per heavy atom. The van der Waals surface area contributed by atoms with Gasteiger partial charge in [0.25, 0.3) is 0 Å². The Morgan fingerprint density at radius 1 is 1.00 bits per heavy atom. The first kappa shape index (κ1) is 20.5. The Bertz CT molecular complexity index is 948. The molecule has 0 spiro atoms. The highest BCUT2D eigenvalue weighted by atomic mass is 35.5. The molecule has 3 aromatic rings. The third-order valence-corrected chi connectivity index (χ3v) is 4.34. The van der Waals surface area contributed by atoms with Crippen molar-refractivity contribution in [1.82, 2.24) is 15.6 Å². The predicted octanol–water partition coefficient (Wildman–Crippen LogP) is 4.58. The molecule has 150 valence electrons. The first-order chi connectivity index (χ1) is 14.1. The fourth-order valence-corrected chi connectivity index (χ4v) is 2.83. The minimum absolute atomic E-state index is 0.233. The van der Waals surface area contributed by atoms with Crippen molar-refractivity contribution >= 4 is 17.6 Å². The number of carbonyl (C=O) groups excluding carboxylic acids is 1. The number of benzene rings is 2. The average Bonchev–Trinajstić information content (AvgIpc) is 2.73. The first-order valence-corrected chi connectivity index (χ1v) is 9.53. The molecule has 3 rings (SSSR count). The second kappa shape index (κ2) is 10.3. The molecule has 0 saturated carbocycles. The van der Waals surface area contributed by atoms with Crippen LogP contribution < -0.4 is 20.1 Å². The number of nitrogens with zero attached hydrogens (tertiary/aromatic N) is 1. The number of methoxy groups -OCH3 is 1. The van der Waals surface area contributed by atoms with Crippen molar-refractivity contribution in [1.29, 1.82) is 0 Å². The highest BCUT2D eigenvalue weighted by Gasteiger charge is 2.04. The van der Waals surface area contributed by atoms with Gasteiger partial charge in [0.1, 0.15) is 11.5 Å². The number of aromatic nitrogens is 1. The van der Waals surface area contributed by atoms with Crippen LogP contribution in [0.2, 0.25) is 5.02 Å². The number of pyridine rings is 1. The van der Waals surface area contributed by atoms with E-state index in [1.165, 1.54) is 0 Å². The van der Waals surface area contributed by atoms with Gasteiger partial charge in [-0.3, -0.25) is 0 Å². The van der Waals surface area contributed by atoms with E-state index in [-0.39, 0.29) is 6.03 Å². The summed E-state index contributed by atoms with van der Waals surface area (Å²) in [6, 6.07) is 18.3. The summed E-state index contributed by atoms with van der Waals surface area (Å²) in [7, 11) is 1.60. The van der Waals surface area contributed by atoms with Crippen molar-refractivity contribution < 1.29 is 14.3 Å². The van der Waals surface area contributed by atoms with E-state index in [2.05, 4.69) is 15.6 Å². The quantitative estimate of drug-likeness (QED) is 0.569. The van der Waals surface area contributed by atoms with E-state index in [9.17, 15) is 4.79 Å². The number of halogens is 1. The number of hydrogen-bond acceptors (Lipinski definition) is 4. The van der Waals surface area contributed by atoms with Gasteiger partial charge in [0.15, 0.2) is 0 Å². The monoisotopic (exact) mass is 411 g/mol. The minimum atomic E-state index is -0.233. The summed E-state index contributed by atoms with van der Waals surface area (Å²) in [5, 5.41) is 6.33. The summed E-state index contributed by atoms with van der Waals surface area (Å²) in [5.41, 5.74) is 1.95. The van der Waals surface area contributed by atoms with Crippen LogP contribution in [0.5, 0.6) is 17.4 Å². The molecule has 6 nitrogen and oxygen atoms in total. The lowest BCUT2D eigenvalue weighted by Crippen LogP contribution is -2.36. The van der Waals surface area contributed by atoms with E-state index < -0.39 is 0 Å². The molecule has 0 bridgehead atoms. The zero-order valence-electron chi connectivity index (χ0n) is 16.0. The van der Waals surface area contributed by atoms with E-state index in [0.29, 0.717) is 41.9 Å². The summed E-state index contributed by atoms with van der Waals surface area (Å²) < 4.78 is 10.9. The number of ether oxygens (including phenoxy) is 2. The SMILES string of the molecule is COc1cccc(Oc2ccc(CNC(=O)NCCc3cccc(Cl)c3)cn2)c1. The highest BCUT2D eigenvalue weighted by molar-refractivity contribution is 6.30. The van der Waals surface area contributed by atoms with Crippen LogP contribution in [0.3, 0.4) is 0 Å². The normalized spacial score (nSPS) is 10.3. The molecule has 0 atom stereocenters. The molecular formula is C22H22ClN3O3. The van der Waals surface area contributed by atoms with E-state index in [1.807, 2.05) is 48.5 Å². The molecule has 1 heterocycles. The summed E-state index contributed by atoms with van der Waals surface area (Å²) in [6.07, 6.45) is 2.38. The molecule has 2 N–H and O–H groups in total. The summed E-state index contributed by atoms with van der Waals surface area (Å²) >= 11 is 5.95. The van der Waals surface area contributed by atoms with Crippen LogP contribution in [-0.4, -0.2) is 24.7 Å². The van der Waals surface area contributed by atoms with E-state index in [1.54, 1.807) is 25.4 Å². The smallest absolute Gasteiger partial charge is 0.315 e. The number of amides is 2. The van der Waals surface area contributed by atoms with Gasteiger partial charge >= 0.3 is 6.03 Å². The number of nitrogens with one attached hydrogen (secondary N) is 2. The van der Waals surface area contributed by atoms with Gasteiger partial charge in [0, 0.05) is 36.4 Å². The van der Waals surface area contributed by atoms with Crippen LogP contribution in [0.1, 0.15) is 11.1 Å². The Labute approximate surface area is 174 Å². The fourth-order valence-electron chi connectivity index (χ4n) is 2.62. The second-order valence-electron chi connectivity index (χ2n) is 6.28. The Hall–Kier alpha value is -3.25. The molecule has 0 aliphatic heterocycles. The molecule has 29 heavy (non-hydrogen) atoms. The average molecular weight is 412 g/mol. The van der Waals surface area contributed by atoms with Crippen LogP contribution in [0.25, 0.3) is 0 Å². The van der Waals surface area contributed by atoms with Crippen molar-refractivity contribution in [3.63, 3.8) is 0 Å². The molecule has 1 aromatic heterocycles.